The van der Waals surface area contributed by atoms with Gasteiger partial charge in [0.15, 0.2) is 5.69 Å². The lowest BCUT2D eigenvalue weighted by Crippen LogP contribution is -1.95. The first-order valence-electron chi connectivity index (χ1n) is 4.68. The minimum absolute atomic E-state index is 0.0366. The second kappa shape index (κ2) is 4.50. The van der Waals surface area contributed by atoms with Crippen molar-refractivity contribution in [3.8, 4) is 17.0 Å². The Morgan fingerprint density at radius 1 is 1.35 bits per heavy atom. The second-order valence-electron chi connectivity index (χ2n) is 3.30. The summed E-state index contributed by atoms with van der Waals surface area (Å²) >= 11 is 3.13. The molecule has 0 aliphatic carbocycles. The first-order chi connectivity index (χ1) is 8.09. The summed E-state index contributed by atoms with van der Waals surface area (Å²) in [5.41, 5.74) is 0.337. The van der Waals surface area contributed by atoms with E-state index in [0.29, 0.717) is 10.0 Å². The summed E-state index contributed by atoms with van der Waals surface area (Å²) in [4.78, 5) is 14.4. The molecule has 17 heavy (non-hydrogen) atoms. The van der Waals surface area contributed by atoms with Gasteiger partial charge in [-0.2, -0.15) is 0 Å². The van der Waals surface area contributed by atoms with Crippen LogP contribution in [0.2, 0.25) is 0 Å². The Morgan fingerprint density at radius 3 is 2.71 bits per heavy atom. The Morgan fingerprint density at radius 2 is 2.06 bits per heavy atom. The first kappa shape index (κ1) is 11.5. The fraction of sp³-hybridized carbons (Fsp3) is 0. The number of rotatable bonds is 2. The molecule has 0 fully saturated rings. The maximum Gasteiger partial charge on any atom is 0.296 e. The van der Waals surface area contributed by atoms with Gasteiger partial charge < -0.3 is 5.11 Å². The number of nitro groups is 1. The van der Waals surface area contributed by atoms with E-state index in [1.165, 1.54) is 18.3 Å². The van der Waals surface area contributed by atoms with Crippen molar-refractivity contribution in [1.29, 1.82) is 0 Å². The van der Waals surface area contributed by atoms with E-state index >= 15 is 0 Å². The number of hydrogen-bond donors (Lipinski definition) is 1. The van der Waals surface area contributed by atoms with Crippen molar-refractivity contribution in [1.82, 2.24) is 4.98 Å². The molecule has 0 aliphatic rings. The molecule has 0 atom stereocenters. The Balaban J connectivity index is 2.68. The van der Waals surface area contributed by atoms with Crippen LogP contribution in [0.4, 0.5) is 5.69 Å². The van der Waals surface area contributed by atoms with Crippen LogP contribution in [0.5, 0.6) is 5.75 Å². The van der Waals surface area contributed by atoms with Gasteiger partial charge >= 0.3 is 0 Å². The highest BCUT2D eigenvalue weighted by atomic mass is 79.9. The predicted molar refractivity (Wildman–Crippen MR) is 65.7 cm³/mol. The average Bonchev–Trinajstić information content (AvgIpc) is 2.30. The van der Waals surface area contributed by atoms with Gasteiger partial charge in [-0.25, -0.2) is 4.98 Å². The lowest BCUT2D eigenvalue weighted by atomic mass is 10.1. The quantitative estimate of drug-likeness (QED) is 0.682. The molecular formula is C11H7BrN2O3. The van der Waals surface area contributed by atoms with Gasteiger partial charge in [0.2, 0.25) is 0 Å². The highest BCUT2D eigenvalue weighted by Crippen LogP contribution is 2.34. The molecule has 5 nitrogen and oxygen atoms in total. The monoisotopic (exact) mass is 294 g/mol. The lowest BCUT2D eigenvalue weighted by molar-refractivity contribution is -0.384. The van der Waals surface area contributed by atoms with E-state index in [0.717, 1.165) is 0 Å². The van der Waals surface area contributed by atoms with Crippen molar-refractivity contribution in [2.24, 2.45) is 0 Å². The van der Waals surface area contributed by atoms with Gasteiger partial charge in [-0.15, -0.1) is 0 Å². The number of phenols is 1. The molecule has 0 bridgehead atoms. The van der Waals surface area contributed by atoms with Gasteiger partial charge in [-0.3, -0.25) is 10.1 Å². The third kappa shape index (κ3) is 2.26. The van der Waals surface area contributed by atoms with E-state index < -0.39 is 4.92 Å². The summed E-state index contributed by atoms with van der Waals surface area (Å²) in [6.45, 7) is 0. The number of hydrogen-bond acceptors (Lipinski definition) is 4. The number of nitrogens with zero attached hydrogens (tertiary/aromatic N) is 2. The van der Waals surface area contributed by atoms with Crippen LogP contribution in [0.25, 0.3) is 11.3 Å². The van der Waals surface area contributed by atoms with Crippen molar-refractivity contribution in [3.05, 3.63) is 51.1 Å². The minimum atomic E-state index is -0.528. The van der Waals surface area contributed by atoms with E-state index in [2.05, 4.69) is 20.9 Å². The van der Waals surface area contributed by atoms with Crippen LogP contribution in [0.1, 0.15) is 0 Å². The van der Waals surface area contributed by atoms with Crippen molar-refractivity contribution in [2.75, 3.05) is 0 Å². The smallest absolute Gasteiger partial charge is 0.296 e. The molecule has 2 aromatic rings. The molecule has 2 rings (SSSR count). The zero-order valence-electron chi connectivity index (χ0n) is 8.50. The molecule has 0 saturated heterocycles. The topological polar surface area (TPSA) is 76.3 Å². The van der Waals surface area contributed by atoms with E-state index in [1.807, 2.05) is 0 Å². The zero-order chi connectivity index (χ0) is 12.4. The average molecular weight is 295 g/mol. The maximum absolute atomic E-state index is 10.9. The summed E-state index contributed by atoms with van der Waals surface area (Å²) in [5.74, 6) is -0.0366. The number of aromatic nitrogens is 1. The fourth-order valence-electron chi connectivity index (χ4n) is 1.45. The van der Waals surface area contributed by atoms with Crippen molar-refractivity contribution >= 4 is 21.6 Å². The predicted octanol–water partition coefficient (Wildman–Crippen LogP) is 3.12. The molecule has 1 aromatic carbocycles. The van der Waals surface area contributed by atoms with Gasteiger partial charge in [0.1, 0.15) is 5.75 Å². The minimum Gasteiger partial charge on any atom is -0.507 e. The molecule has 1 aromatic heterocycles. The molecule has 0 unspecified atom stereocenters. The molecule has 0 saturated carbocycles. The van der Waals surface area contributed by atoms with Crippen molar-refractivity contribution in [3.63, 3.8) is 0 Å². The normalized spacial score (nSPS) is 10.2. The highest BCUT2D eigenvalue weighted by Gasteiger charge is 2.19. The second-order valence-corrected chi connectivity index (χ2v) is 4.21. The number of para-hydroxylation sites is 1. The largest absolute Gasteiger partial charge is 0.507 e. The van der Waals surface area contributed by atoms with E-state index in [1.54, 1.807) is 18.2 Å². The van der Waals surface area contributed by atoms with Gasteiger partial charge in [0.05, 0.1) is 4.92 Å². The standard InChI is InChI=1S/C11H7BrN2O3/c12-7-5-9(14(16)17)11(13-6-7)8-3-1-2-4-10(8)15/h1-6,15H. The Kier molecular flexibility index (Phi) is 3.06. The van der Waals surface area contributed by atoms with Crippen molar-refractivity contribution < 1.29 is 10.0 Å². The third-order valence-electron chi connectivity index (χ3n) is 2.19. The van der Waals surface area contributed by atoms with Crippen LogP contribution in [-0.4, -0.2) is 15.0 Å². The molecule has 0 radical (unpaired) electrons. The van der Waals surface area contributed by atoms with E-state index in [4.69, 9.17) is 0 Å². The lowest BCUT2D eigenvalue weighted by Gasteiger charge is -2.04. The SMILES string of the molecule is O=[N+]([O-])c1cc(Br)cnc1-c1ccccc1O. The van der Waals surface area contributed by atoms with Crippen molar-refractivity contribution in [2.45, 2.75) is 0 Å². The van der Waals surface area contributed by atoms with Crippen LogP contribution >= 0.6 is 15.9 Å². The van der Waals surface area contributed by atoms with Gasteiger partial charge in [-0.05, 0) is 28.1 Å². The molecule has 0 aliphatic heterocycles. The molecule has 1 N–H and O–H groups in total. The number of benzene rings is 1. The molecular weight excluding hydrogens is 288 g/mol. The summed E-state index contributed by atoms with van der Waals surface area (Å²) in [6.07, 6.45) is 1.45. The van der Waals surface area contributed by atoms with Crippen LogP contribution in [0, 0.1) is 10.1 Å². The Labute approximate surface area is 105 Å². The summed E-state index contributed by atoms with van der Waals surface area (Å²) in [7, 11) is 0. The molecule has 0 spiro atoms. The van der Waals surface area contributed by atoms with Gasteiger partial charge in [0, 0.05) is 22.3 Å². The summed E-state index contributed by atoms with van der Waals surface area (Å²) in [5, 5.41) is 20.6. The number of phenolic OH excluding ortho intramolecular Hbond substituents is 1. The summed E-state index contributed by atoms with van der Waals surface area (Å²) < 4.78 is 0.517. The molecule has 6 heteroatoms. The Bertz CT molecular complexity index is 587. The maximum atomic E-state index is 10.9. The van der Waals surface area contributed by atoms with Gasteiger partial charge in [0.25, 0.3) is 5.69 Å². The highest BCUT2D eigenvalue weighted by molar-refractivity contribution is 9.10. The van der Waals surface area contributed by atoms with Crippen LogP contribution < -0.4 is 0 Å². The third-order valence-corrected chi connectivity index (χ3v) is 2.62. The molecule has 1 heterocycles. The zero-order valence-corrected chi connectivity index (χ0v) is 10.1. The number of halogens is 1. The van der Waals surface area contributed by atoms with Crippen LogP contribution in [0.3, 0.4) is 0 Å². The van der Waals surface area contributed by atoms with Crippen LogP contribution in [-0.2, 0) is 0 Å². The first-order valence-corrected chi connectivity index (χ1v) is 5.47. The Hall–Kier alpha value is -1.95. The molecule has 0 amide bonds. The van der Waals surface area contributed by atoms with Gasteiger partial charge in [-0.1, -0.05) is 12.1 Å². The fourth-order valence-corrected chi connectivity index (χ4v) is 1.77. The summed E-state index contributed by atoms with van der Waals surface area (Å²) in [6, 6.07) is 7.72. The number of pyridine rings is 1. The van der Waals surface area contributed by atoms with E-state index in [9.17, 15) is 15.2 Å². The van der Waals surface area contributed by atoms with E-state index in [-0.39, 0.29) is 17.1 Å². The van der Waals surface area contributed by atoms with Crippen LogP contribution in [0.15, 0.2) is 41.0 Å². The molecule has 86 valence electrons. The number of aromatic hydroxyl groups is 1.